The Balaban J connectivity index is 1.61. The zero-order valence-electron chi connectivity index (χ0n) is 13.0. The number of rotatable bonds is 4. The summed E-state index contributed by atoms with van der Waals surface area (Å²) in [5, 5.41) is 6.69. The third-order valence-electron chi connectivity index (χ3n) is 3.87. The minimum atomic E-state index is -0.944. The molecular weight excluding hydrogens is 314 g/mol. The zero-order chi connectivity index (χ0) is 17.1. The van der Waals surface area contributed by atoms with E-state index in [2.05, 4.69) is 10.5 Å². The zero-order valence-corrected chi connectivity index (χ0v) is 13.0. The van der Waals surface area contributed by atoms with Gasteiger partial charge in [-0.15, -0.1) is 0 Å². The Labute approximate surface area is 138 Å². The molecule has 0 saturated heterocycles. The Bertz CT molecular complexity index is 778. The molecular formula is C18H16F2N2O2. The second-order valence-electron chi connectivity index (χ2n) is 5.61. The number of benzene rings is 2. The standard InChI is InChI=1S/C18H16F2N2O2/c1-11(13-7-8-14(19)15(20)9-13)21-18(23)17-10-16(22-24-17)12-5-3-2-4-6-12/h2-9,11,17H,10H2,1H3,(H,21,23). The van der Waals surface area contributed by atoms with Crippen molar-refractivity contribution in [2.45, 2.75) is 25.5 Å². The van der Waals surface area contributed by atoms with Gasteiger partial charge in [0.05, 0.1) is 11.8 Å². The van der Waals surface area contributed by atoms with Crippen LogP contribution in [0.5, 0.6) is 0 Å². The molecule has 2 aromatic rings. The van der Waals surface area contributed by atoms with Crippen molar-refractivity contribution < 1.29 is 18.4 Å². The molecule has 1 heterocycles. The number of carbonyl (C=O) groups is 1. The van der Waals surface area contributed by atoms with E-state index in [4.69, 9.17) is 4.84 Å². The fourth-order valence-electron chi connectivity index (χ4n) is 2.49. The Morgan fingerprint density at radius 2 is 1.96 bits per heavy atom. The van der Waals surface area contributed by atoms with Crippen molar-refractivity contribution in [1.29, 1.82) is 0 Å². The molecule has 0 aliphatic carbocycles. The van der Waals surface area contributed by atoms with Crippen molar-refractivity contribution in [1.82, 2.24) is 5.32 Å². The van der Waals surface area contributed by atoms with Gasteiger partial charge >= 0.3 is 0 Å². The highest BCUT2D eigenvalue weighted by Crippen LogP contribution is 2.19. The minimum Gasteiger partial charge on any atom is -0.382 e. The molecule has 6 heteroatoms. The molecule has 24 heavy (non-hydrogen) atoms. The molecule has 2 atom stereocenters. The van der Waals surface area contributed by atoms with E-state index < -0.39 is 23.8 Å². The lowest BCUT2D eigenvalue weighted by Gasteiger charge is -2.16. The average Bonchev–Trinajstić information content (AvgIpc) is 3.08. The topological polar surface area (TPSA) is 50.7 Å². The van der Waals surface area contributed by atoms with E-state index in [1.807, 2.05) is 30.3 Å². The predicted octanol–water partition coefficient (Wildman–Crippen LogP) is 3.34. The van der Waals surface area contributed by atoms with Crippen LogP contribution in [0.25, 0.3) is 0 Å². The molecule has 0 aromatic heterocycles. The molecule has 2 aromatic carbocycles. The first-order valence-corrected chi connectivity index (χ1v) is 7.58. The molecule has 2 unspecified atom stereocenters. The van der Waals surface area contributed by atoms with Crippen LogP contribution in [0, 0.1) is 11.6 Å². The largest absolute Gasteiger partial charge is 0.382 e. The Morgan fingerprint density at radius 1 is 1.21 bits per heavy atom. The van der Waals surface area contributed by atoms with E-state index in [0.29, 0.717) is 17.7 Å². The van der Waals surface area contributed by atoms with Gasteiger partial charge in [0.25, 0.3) is 5.91 Å². The van der Waals surface area contributed by atoms with Gasteiger partial charge in [-0.2, -0.15) is 0 Å². The lowest BCUT2D eigenvalue weighted by molar-refractivity contribution is -0.131. The number of nitrogens with zero attached hydrogens (tertiary/aromatic N) is 1. The second-order valence-corrected chi connectivity index (χ2v) is 5.61. The molecule has 1 aliphatic rings. The normalized spacial score (nSPS) is 17.8. The summed E-state index contributed by atoms with van der Waals surface area (Å²) in [6.45, 7) is 1.69. The molecule has 0 spiro atoms. The summed E-state index contributed by atoms with van der Waals surface area (Å²) in [5.41, 5.74) is 2.09. The van der Waals surface area contributed by atoms with Gasteiger partial charge in [-0.1, -0.05) is 41.6 Å². The van der Waals surface area contributed by atoms with E-state index in [0.717, 1.165) is 17.7 Å². The first-order valence-electron chi connectivity index (χ1n) is 7.58. The van der Waals surface area contributed by atoms with Gasteiger partial charge in [-0.25, -0.2) is 8.78 Å². The van der Waals surface area contributed by atoms with Crippen LogP contribution in [0.2, 0.25) is 0 Å². The maximum atomic E-state index is 13.3. The van der Waals surface area contributed by atoms with Gasteiger partial charge in [0.1, 0.15) is 0 Å². The summed E-state index contributed by atoms with van der Waals surface area (Å²) in [6, 6.07) is 12.5. The number of hydrogen-bond donors (Lipinski definition) is 1. The third-order valence-corrected chi connectivity index (χ3v) is 3.87. The van der Waals surface area contributed by atoms with Crippen LogP contribution >= 0.6 is 0 Å². The van der Waals surface area contributed by atoms with Gasteiger partial charge < -0.3 is 10.2 Å². The first-order chi connectivity index (χ1) is 11.5. The highest BCUT2D eigenvalue weighted by atomic mass is 19.2. The quantitative estimate of drug-likeness (QED) is 0.935. The highest BCUT2D eigenvalue weighted by molar-refractivity contribution is 6.04. The van der Waals surface area contributed by atoms with Crippen LogP contribution in [-0.2, 0) is 9.63 Å². The molecule has 0 fully saturated rings. The second kappa shape index (κ2) is 6.78. The van der Waals surface area contributed by atoms with E-state index in [1.165, 1.54) is 6.07 Å². The van der Waals surface area contributed by atoms with Crippen LogP contribution in [0.3, 0.4) is 0 Å². The summed E-state index contributed by atoms with van der Waals surface area (Å²) in [7, 11) is 0. The van der Waals surface area contributed by atoms with Gasteiger partial charge in [-0.3, -0.25) is 4.79 Å². The van der Waals surface area contributed by atoms with Crippen molar-refractivity contribution in [3.05, 3.63) is 71.3 Å². The molecule has 0 saturated carbocycles. The summed E-state index contributed by atoms with van der Waals surface area (Å²) < 4.78 is 26.3. The average molecular weight is 330 g/mol. The first kappa shape index (κ1) is 16.1. The van der Waals surface area contributed by atoms with Crippen molar-refractivity contribution in [2.75, 3.05) is 0 Å². The van der Waals surface area contributed by atoms with Crippen molar-refractivity contribution in [3.63, 3.8) is 0 Å². The Morgan fingerprint density at radius 3 is 2.67 bits per heavy atom. The van der Waals surface area contributed by atoms with Crippen LogP contribution in [-0.4, -0.2) is 17.7 Å². The van der Waals surface area contributed by atoms with E-state index in [-0.39, 0.29) is 5.91 Å². The third kappa shape index (κ3) is 3.42. The number of hydrogen-bond acceptors (Lipinski definition) is 3. The van der Waals surface area contributed by atoms with Crippen molar-refractivity contribution >= 4 is 11.6 Å². The summed E-state index contributed by atoms with van der Waals surface area (Å²) in [5.74, 6) is -2.21. The minimum absolute atomic E-state index is 0.345. The Hall–Kier alpha value is -2.76. The number of amides is 1. The molecule has 1 N–H and O–H groups in total. The molecule has 1 aliphatic heterocycles. The summed E-state index contributed by atoms with van der Waals surface area (Å²) in [4.78, 5) is 17.5. The monoisotopic (exact) mass is 330 g/mol. The van der Waals surface area contributed by atoms with E-state index in [1.54, 1.807) is 6.92 Å². The number of oxime groups is 1. The molecule has 0 radical (unpaired) electrons. The molecule has 0 bridgehead atoms. The van der Waals surface area contributed by atoms with Gasteiger partial charge in [0.15, 0.2) is 11.6 Å². The van der Waals surface area contributed by atoms with Crippen LogP contribution in [0.4, 0.5) is 8.78 Å². The lowest BCUT2D eigenvalue weighted by atomic mass is 10.0. The van der Waals surface area contributed by atoms with Crippen LogP contribution in [0.1, 0.15) is 30.5 Å². The molecule has 3 rings (SSSR count). The maximum absolute atomic E-state index is 13.3. The van der Waals surface area contributed by atoms with Gasteiger partial charge in [-0.05, 0) is 30.2 Å². The van der Waals surface area contributed by atoms with E-state index >= 15 is 0 Å². The van der Waals surface area contributed by atoms with Gasteiger partial charge in [0.2, 0.25) is 6.10 Å². The number of carbonyl (C=O) groups excluding carboxylic acids is 1. The fraction of sp³-hybridized carbons (Fsp3) is 0.222. The van der Waals surface area contributed by atoms with Crippen molar-refractivity contribution in [2.24, 2.45) is 5.16 Å². The summed E-state index contributed by atoms with van der Waals surface area (Å²) >= 11 is 0. The smallest absolute Gasteiger partial charge is 0.264 e. The number of halogens is 2. The Kier molecular flexibility index (Phi) is 4.55. The number of nitrogens with one attached hydrogen (secondary N) is 1. The fourth-order valence-corrected chi connectivity index (χ4v) is 2.49. The van der Waals surface area contributed by atoms with Crippen LogP contribution in [0.15, 0.2) is 53.7 Å². The maximum Gasteiger partial charge on any atom is 0.264 e. The SMILES string of the molecule is CC(NC(=O)C1CC(c2ccccc2)=NO1)c1ccc(F)c(F)c1. The molecule has 4 nitrogen and oxygen atoms in total. The lowest BCUT2D eigenvalue weighted by Crippen LogP contribution is -2.36. The van der Waals surface area contributed by atoms with Gasteiger partial charge in [0, 0.05) is 6.42 Å². The highest BCUT2D eigenvalue weighted by Gasteiger charge is 2.29. The van der Waals surface area contributed by atoms with Crippen LogP contribution < -0.4 is 5.32 Å². The predicted molar refractivity (Wildman–Crippen MR) is 85.4 cm³/mol. The molecule has 1 amide bonds. The summed E-state index contributed by atoms with van der Waals surface area (Å²) in [6.07, 6.45) is -0.367. The van der Waals surface area contributed by atoms with E-state index in [9.17, 15) is 13.6 Å². The molecule has 124 valence electrons. The van der Waals surface area contributed by atoms with Crippen molar-refractivity contribution in [3.8, 4) is 0 Å².